The first-order valence-corrected chi connectivity index (χ1v) is 14.6. The van der Waals surface area contributed by atoms with Gasteiger partial charge in [-0.2, -0.15) is 0 Å². The van der Waals surface area contributed by atoms with Gasteiger partial charge in [0.05, 0.1) is 45.2 Å². The van der Waals surface area contributed by atoms with Crippen LogP contribution >= 0.6 is 0 Å². The molecule has 6 aliphatic rings. The Kier molecular flexibility index (Phi) is 7.59. The summed E-state index contributed by atoms with van der Waals surface area (Å²) in [5.41, 5.74) is 1.95. The SMILES string of the molecule is C=C1C[C@H](O)[C@@H]([C@@H]2O[C@@]34C[C@@H](C)C2CC3CC[C@@H](COCc2ccc(OC)cc2)O4)O[C@H]1[C@@H]1COC(C)(C)O1. The largest absolute Gasteiger partial charge is 0.497 e. The van der Waals surface area contributed by atoms with E-state index in [2.05, 4.69) is 13.5 Å². The molecule has 39 heavy (non-hydrogen) atoms. The monoisotopic (exact) mass is 544 g/mol. The number of ether oxygens (including phenoxy) is 7. The van der Waals surface area contributed by atoms with Gasteiger partial charge >= 0.3 is 0 Å². The number of fused-ring (bicyclic) bond motifs is 2. The number of aliphatic hydroxyl groups is 1. The highest BCUT2D eigenvalue weighted by Gasteiger charge is 2.62. The van der Waals surface area contributed by atoms with Crippen molar-refractivity contribution < 1.29 is 38.3 Å². The molecule has 2 unspecified atom stereocenters. The lowest BCUT2D eigenvalue weighted by Crippen LogP contribution is -2.67. The Morgan fingerprint density at radius 1 is 1.08 bits per heavy atom. The Bertz CT molecular complexity index is 1030. The third-order valence-electron chi connectivity index (χ3n) is 9.46. The fraction of sp³-hybridized carbons (Fsp3) is 0.742. The van der Waals surface area contributed by atoms with Crippen molar-refractivity contribution in [2.45, 2.75) is 108 Å². The van der Waals surface area contributed by atoms with Crippen molar-refractivity contribution in [3.05, 3.63) is 42.0 Å². The van der Waals surface area contributed by atoms with Crippen molar-refractivity contribution in [3.8, 4) is 5.75 Å². The predicted octanol–water partition coefficient (Wildman–Crippen LogP) is 4.37. The summed E-state index contributed by atoms with van der Waals surface area (Å²) >= 11 is 0. The molecular weight excluding hydrogens is 500 g/mol. The molecule has 1 N–H and O–H groups in total. The highest BCUT2D eigenvalue weighted by Crippen LogP contribution is 2.57. The average Bonchev–Trinajstić information content (AvgIpc) is 3.27. The standard InChI is InChI=1S/C31H44O8/c1-18-12-25(32)29(36-27(18)26-17-35-30(3,4)38-26)28-24-13-21-8-11-23(37-31(21,39-28)14-19(24)2)16-34-15-20-6-9-22(33-5)10-7-20/h6-7,9-10,19,21,23-29,32H,1,8,11-17H2,2-5H3/t19-,21?,23+,24?,25+,26+,27-,28-,29+,31+/m1/s1. The number of methoxy groups -OCH3 is 1. The molecule has 5 aliphatic heterocycles. The van der Waals surface area contributed by atoms with E-state index in [1.165, 1.54) is 0 Å². The lowest BCUT2D eigenvalue weighted by Gasteiger charge is -2.61. The van der Waals surface area contributed by atoms with Crippen LogP contribution in [-0.4, -0.2) is 73.6 Å². The van der Waals surface area contributed by atoms with Crippen LogP contribution in [0.25, 0.3) is 0 Å². The maximum absolute atomic E-state index is 11.2. The van der Waals surface area contributed by atoms with Crippen LogP contribution in [0.2, 0.25) is 0 Å². The lowest BCUT2D eigenvalue weighted by atomic mass is 9.62. The van der Waals surface area contributed by atoms with Crippen LogP contribution in [0, 0.1) is 17.8 Å². The van der Waals surface area contributed by atoms with Gasteiger partial charge in [-0.3, -0.25) is 0 Å². The second-order valence-corrected chi connectivity index (χ2v) is 12.7. The zero-order valence-electron chi connectivity index (χ0n) is 23.7. The maximum Gasteiger partial charge on any atom is 0.172 e. The van der Waals surface area contributed by atoms with Crippen molar-refractivity contribution in [2.75, 3.05) is 20.3 Å². The topological polar surface area (TPSA) is 84.8 Å². The minimum atomic E-state index is -0.678. The van der Waals surface area contributed by atoms with E-state index >= 15 is 0 Å². The minimum Gasteiger partial charge on any atom is -0.497 e. The number of hydrogen-bond donors (Lipinski definition) is 1. The lowest BCUT2D eigenvalue weighted by molar-refractivity contribution is -0.402. The van der Waals surface area contributed by atoms with Crippen molar-refractivity contribution in [2.24, 2.45) is 17.8 Å². The number of hydrogen-bond acceptors (Lipinski definition) is 8. The Labute approximate surface area is 231 Å². The van der Waals surface area contributed by atoms with Gasteiger partial charge in [0, 0.05) is 12.3 Å². The first-order chi connectivity index (χ1) is 18.7. The Morgan fingerprint density at radius 2 is 1.87 bits per heavy atom. The number of benzene rings is 1. The molecule has 1 aromatic carbocycles. The van der Waals surface area contributed by atoms with Gasteiger partial charge < -0.3 is 38.3 Å². The smallest absolute Gasteiger partial charge is 0.172 e. The molecule has 5 heterocycles. The fourth-order valence-corrected chi connectivity index (χ4v) is 7.49. The van der Waals surface area contributed by atoms with Crippen molar-refractivity contribution in [1.82, 2.24) is 0 Å². The highest BCUT2D eigenvalue weighted by atomic mass is 16.8. The van der Waals surface area contributed by atoms with Crippen LogP contribution in [0.15, 0.2) is 36.4 Å². The predicted molar refractivity (Wildman–Crippen MR) is 143 cm³/mol. The van der Waals surface area contributed by atoms with Crippen LogP contribution in [0.3, 0.4) is 0 Å². The molecule has 216 valence electrons. The minimum absolute atomic E-state index is 0.0296. The molecule has 1 spiro atoms. The van der Waals surface area contributed by atoms with E-state index in [1.54, 1.807) is 7.11 Å². The molecule has 1 aliphatic carbocycles. The van der Waals surface area contributed by atoms with Crippen LogP contribution in [0.4, 0.5) is 0 Å². The number of rotatable bonds is 7. The summed E-state index contributed by atoms with van der Waals surface area (Å²) in [6.45, 7) is 11.8. The molecule has 8 heteroatoms. The van der Waals surface area contributed by atoms with Gasteiger partial charge in [-0.25, -0.2) is 0 Å². The van der Waals surface area contributed by atoms with E-state index < -0.39 is 23.8 Å². The van der Waals surface area contributed by atoms with E-state index in [4.69, 9.17) is 33.2 Å². The van der Waals surface area contributed by atoms with Crippen LogP contribution < -0.4 is 4.74 Å². The van der Waals surface area contributed by atoms with E-state index in [0.29, 0.717) is 44.0 Å². The Hall–Kier alpha value is -1.52. The summed E-state index contributed by atoms with van der Waals surface area (Å²) in [4.78, 5) is 0. The second-order valence-electron chi connectivity index (χ2n) is 12.7. The Morgan fingerprint density at radius 3 is 2.59 bits per heavy atom. The van der Waals surface area contributed by atoms with Gasteiger partial charge in [0.2, 0.25) is 0 Å². The molecule has 2 bridgehead atoms. The summed E-state index contributed by atoms with van der Waals surface area (Å²) in [6, 6.07) is 7.94. The zero-order chi connectivity index (χ0) is 27.4. The molecular formula is C31H44O8. The van der Waals surface area contributed by atoms with Gasteiger partial charge in [-0.05, 0) is 74.6 Å². The summed E-state index contributed by atoms with van der Waals surface area (Å²) in [5, 5.41) is 11.2. The zero-order valence-corrected chi connectivity index (χ0v) is 23.7. The number of aliphatic hydroxyl groups excluding tert-OH is 1. The molecule has 8 nitrogen and oxygen atoms in total. The van der Waals surface area contributed by atoms with Gasteiger partial charge in [-0.15, -0.1) is 0 Å². The molecule has 5 saturated heterocycles. The first-order valence-electron chi connectivity index (χ1n) is 14.6. The average molecular weight is 545 g/mol. The third kappa shape index (κ3) is 5.42. The Balaban J connectivity index is 1.12. The summed E-state index contributed by atoms with van der Waals surface area (Å²) in [5.74, 6) is 0.597. The molecule has 0 amide bonds. The summed E-state index contributed by atoms with van der Waals surface area (Å²) < 4.78 is 43.5. The summed E-state index contributed by atoms with van der Waals surface area (Å²) in [6.07, 6.45) is 2.38. The van der Waals surface area contributed by atoms with E-state index in [0.717, 1.165) is 42.6 Å². The first kappa shape index (κ1) is 27.6. The molecule has 6 fully saturated rings. The molecule has 10 atom stereocenters. The molecule has 1 saturated carbocycles. The van der Waals surface area contributed by atoms with Crippen LogP contribution in [0.5, 0.6) is 5.75 Å². The molecule has 1 aromatic rings. The third-order valence-corrected chi connectivity index (χ3v) is 9.46. The van der Waals surface area contributed by atoms with Gasteiger partial charge in [0.25, 0.3) is 0 Å². The van der Waals surface area contributed by atoms with Crippen molar-refractivity contribution >= 4 is 0 Å². The quantitative estimate of drug-likeness (QED) is 0.507. The van der Waals surface area contributed by atoms with Gasteiger partial charge in [-0.1, -0.05) is 25.6 Å². The summed E-state index contributed by atoms with van der Waals surface area (Å²) in [7, 11) is 1.67. The second kappa shape index (κ2) is 10.7. The van der Waals surface area contributed by atoms with Crippen molar-refractivity contribution in [3.63, 3.8) is 0 Å². The fourth-order valence-electron chi connectivity index (χ4n) is 7.49. The van der Waals surface area contributed by atoms with Crippen LogP contribution in [-0.2, 0) is 35.0 Å². The van der Waals surface area contributed by atoms with E-state index in [1.807, 2.05) is 38.1 Å². The van der Waals surface area contributed by atoms with Crippen LogP contribution in [0.1, 0.15) is 58.4 Å². The normalized spacial score (nSPS) is 43.3. The molecule has 0 radical (unpaired) electrons. The highest BCUT2D eigenvalue weighted by molar-refractivity contribution is 5.26. The van der Waals surface area contributed by atoms with Crippen molar-refractivity contribution in [1.29, 1.82) is 0 Å². The van der Waals surface area contributed by atoms with E-state index in [-0.39, 0.29) is 24.4 Å². The van der Waals surface area contributed by atoms with E-state index in [9.17, 15) is 5.11 Å². The van der Waals surface area contributed by atoms with Gasteiger partial charge in [0.1, 0.15) is 24.1 Å². The molecule has 7 rings (SSSR count). The van der Waals surface area contributed by atoms with Gasteiger partial charge in [0.15, 0.2) is 11.6 Å². The molecule has 0 aromatic heterocycles. The maximum atomic E-state index is 11.2.